The van der Waals surface area contributed by atoms with Crippen molar-refractivity contribution >= 4 is 29.5 Å². The molecular weight excluding hydrogens is 588 g/mol. The van der Waals surface area contributed by atoms with E-state index in [0.29, 0.717) is 36.9 Å². The molecule has 0 aliphatic heterocycles. The first-order valence-electron chi connectivity index (χ1n) is 16.5. The second-order valence-corrected chi connectivity index (χ2v) is 12.9. The molecule has 0 saturated carbocycles. The quantitative estimate of drug-likeness (QED) is 0.159. The van der Waals surface area contributed by atoms with Crippen LogP contribution in [0.15, 0.2) is 24.3 Å². The molecular formula is C34H58N6O6. The molecule has 0 radical (unpaired) electrons. The molecule has 1 aromatic carbocycles. The van der Waals surface area contributed by atoms with Gasteiger partial charge < -0.3 is 26.2 Å². The molecule has 0 unspecified atom stereocenters. The van der Waals surface area contributed by atoms with Gasteiger partial charge in [-0.25, -0.2) is 5.06 Å². The van der Waals surface area contributed by atoms with Crippen LogP contribution >= 0.6 is 0 Å². The van der Waals surface area contributed by atoms with E-state index in [9.17, 15) is 24.0 Å². The van der Waals surface area contributed by atoms with Crippen molar-refractivity contribution in [3.63, 3.8) is 0 Å². The molecule has 1 rings (SSSR count). The number of likely N-dealkylation sites (N-methyl/N-ethyl adjacent to an activating group) is 2. The Bertz CT molecular complexity index is 1120. The number of hydrogen-bond donors (Lipinski definition) is 4. The average molecular weight is 647 g/mol. The van der Waals surface area contributed by atoms with Crippen LogP contribution in [-0.2, 0) is 19.2 Å². The van der Waals surface area contributed by atoms with Crippen molar-refractivity contribution < 1.29 is 28.8 Å². The van der Waals surface area contributed by atoms with Gasteiger partial charge in [0.2, 0.25) is 11.8 Å². The van der Waals surface area contributed by atoms with Gasteiger partial charge in [-0.1, -0.05) is 55.4 Å². The summed E-state index contributed by atoms with van der Waals surface area (Å²) in [6.07, 6.45) is 1.07. The fourth-order valence-corrected chi connectivity index (χ4v) is 4.94. The zero-order chi connectivity index (χ0) is 35.0. The molecule has 3 atom stereocenters. The summed E-state index contributed by atoms with van der Waals surface area (Å²) in [6.45, 7) is 18.9. The molecule has 12 nitrogen and oxygen atoms in total. The Balaban J connectivity index is 3.04. The van der Waals surface area contributed by atoms with Crippen molar-refractivity contribution in [3.8, 4) is 0 Å². The first-order valence-corrected chi connectivity index (χ1v) is 16.5. The molecule has 0 aliphatic carbocycles. The minimum atomic E-state index is -0.922. The summed E-state index contributed by atoms with van der Waals surface area (Å²) in [7, 11) is 2.85. The van der Waals surface area contributed by atoms with Gasteiger partial charge in [-0.05, 0) is 74.4 Å². The number of amides is 5. The summed E-state index contributed by atoms with van der Waals surface area (Å²) in [5.41, 5.74) is 0.732. The molecule has 260 valence electrons. The molecule has 46 heavy (non-hydrogen) atoms. The number of carbonyl (C=O) groups is 5. The van der Waals surface area contributed by atoms with Crippen LogP contribution in [0.2, 0.25) is 0 Å². The first-order chi connectivity index (χ1) is 21.6. The van der Waals surface area contributed by atoms with E-state index in [1.165, 1.54) is 14.2 Å². The number of benzene rings is 1. The van der Waals surface area contributed by atoms with Crippen LogP contribution in [0, 0.1) is 17.8 Å². The highest BCUT2D eigenvalue weighted by molar-refractivity contribution is 6.00. The number of rotatable bonds is 20. The minimum Gasteiger partial charge on any atom is -0.351 e. The Morgan fingerprint density at radius 3 is 1.52 bits per heavy atom. The third kappa shape index (κ3) is 14.3. The average Bonchev–Trinajstić information content (AvgIpc) is 3.00. The van der Waals surface area contributed by atoms with Crippen LogP contribution in [0.25, 0.3) is 0 Å². The maximum absolute atomic E-state index is 13.6. The summed E-state index contributed by atoms with van der Waals surface area (Å²) >= 11 is 0. The van der Waals surface area contributed by atoms with Gasteiger partial charge in [0.15, 0.2) is 0 Å². The molecule has 0 fully saturated rings. The van der Waals surface area contributed by atoms with Crippen molar-refractivity contribution in [2.24, 2.45) is 17.8 Å². The Labute approximate surface area is 275 Å². The van der Waals surface area contributed by atoms with Crippen LogP contribution in [0.5, 0.6) is 0 Å². The predicted molar refractivity (Wildman–Crippen MR) is 180 cm³/mol. The largest absolute Gasteiger partial charge is 0.351 e. The van der Waals surface area contributed by atoms with Gasteiger partial charge in [0.05, 0.1) is 7.11 Å². The number of nitrogens with one attached hydrogen (secondary N) is 4. The van der Waals surface area contributed by atoms with Gasteiger partial charge in [-0.2, -0.15) is 0 Å². The Morgan fingerprint density at radius 2 is 1.09 bits per heavy atom. The van der Waals surface area contributed by atoms with Gasteiger partial charge in [0.1, 0.15) is 18.1 Å². The number of hydroxylamine groups is 2. The van der Waals surface area contributed by atoms with Crippen LogP contribution in [0.1, 0.15) is 95.4 Å². The maximum Gasteiger partial charge on any atom is 0.268 e. The second-order valence-electron chi connectivity index (χ2n) is 12.9. The van der Waals surface area contributed by atoms with E-state index in [2.05, 4.69) is 40.0 Å². The van der Waals surface area contributed by atoms with Gasteiger partial charge in [0, 0.05) is 31.3 Å². The van der Waals surface area contributed by atoms with E-state index in [4.69, 9.17) is 4.84 Å². The summed E-state index contributed by atoms with van der Waals surface area (Å²) in [5, 5.41) is 12.4. The summed E-state index contributed by atoms with van der Waals surface area (Å²) in [6, 6.07) is 3.60. The normalized spacial score (nSPS) is 13.3. The summed E-state index contributed by atoms with van der Waals surface area (Å²) < 4.78 is 0. The smallest absolute Gasteiger partial charge is 0.268 e. The predicted octanol–water partition coefficient (Wildman–Crippen LogP) is 2.98. The van der Waals surface area contributed by atoms with E-state index in [1.807, 2.05) is 41.5 Å². The molecule has 0 heterocycles. The van der Waals surface area contributed by atoms with Crippen molar-refractivity contribution in [2.75, 3.05) is 40.3 Å². The van der Waals surface area contributed by atoms with Crippen LogP contribution in [0.4, 0.5) is 0 Å². The molecule has 0 bridgehead atoms. The highest BCUT2D eigenvalue weighted by Crippen LogP contribution is 2.13. The van der Waals surface area contributed by atoms with Crippen LogP contribution in [0.3, 0.4) is 0 Å². The van der Waals surface area contributed by atoms with Crippen molar-refractivity contribution in [2.45, 2.75) is 92.8 Å². The van der Waals surface area contributed by atoms with Crippen molar-refractivity contribution in [1.29, 1.82) is 0 Å². The van der Waals surface area contributed by atoms with Gasteiger partial charge >= 0.3 is 0 Å². The maximum atomic E-state index is 13.6. The molecule has 1 aromatic rings. The topological polar surface area (TPSA) is 149 Å². The highest BCUT2D eigenvalue weighted by Gasteiger charge is 2.32. The SMILES string of the molecule is CCN(CC)CCNC(=O)c1ccc(C(=O)N[C@@H](CC(C)C)C(=O)N[C@@H](CC(C)C)C(=O)N[C@@H](CC(C)C)C(=O)N(C)OC)cc1. The second kappa shape index (κ2) is 20.6. The fourth-order valence-electron chi connectivity index (χ4n) is 4.94. The number of hydrogen-bond acceptors (Lipinski definition) is 7. The molecule has 12 heteroatoms. The van der Waals surface area contributed by atoms with Gasteiger partial charge in [0.25, 0.3) is 17.7 Å². The Hall–Kier alpha value is -3.51. The van der Waals surface area contributed by atoms with Crippen LogP contribution < -0.4 is 21.3 Å². The van der Waals surface area contributed by atoms with Crippen molar-refractivity contribution in [3.05, 3.63) is 35.4 Å². The lowest BCUT2D eigenvalue weighted by atomic mass is 9.98. The molecule has 5 amide bonds. The lowest BCUT2D eigenvalue weighted by molar-refractivity contribution is -0.172. The zero-order valence-electron chi connectivity index (χ0n) is 29.6. The Kier molecular flexibility index (Phi) is 18.1. The van der Waals surface area contributed by atoms with E-state index in [0.717, 1.165) is 24.7 Å². The standard InChI is InChI=1S/C34H58N6O6/c1-11-40(12-2)18-17-35-30(41)25-13-15-26(16-14-25)31(42)36-27(19-22(3)4)32(43)37-28(20-23(5)6)33(44)38-29(21-24(7)8)34(45)39(9)46-10/h13-16,22-24,27-29H,11-12,17-21H2,1-10H3,(H,35,41)(H,36,42)(H,37,43)(H,38,44)/t27-,28-,29-/m0/s1. The number of carbonyl (C=O) groups excluding carboxylic acids is 5. The van der Waals surface area contributed by atoms with Gasteiger partial charge in [-0.15, -0.1) is 0 Å². The van der Waals surface area contributed by atoms with Crippen molar-refractivity contribution in [1.82, 2.24) is 31.2 Å². The lowest BCUT2D eigenvalue weighted by Crippen LogP contribution is -2.57. The lowest BCUT2D eigenvalue weighted by Gasteiger charge is -2.28. The van der Waals surface area contributed by atoms with E-state index >= 15 is 0 Å². The molecule has 0 saturated heterocycles. The van der Waals surface area contributed by atoms with E-state index < -0.39 is 41.8 Å². The summed E-state index contributed by atoms with van der Waals surface area (Å²) in [5.74, 6) is -1.83. The first kappa shape index (κ1) is 40.5. The van der Waals surface area contributed by atoms with Gasteiger partial charge in [-0.3, -0.25) is 28.8 Å². The van der Waals surface area contributed by atoms with E-state index in [1.54, 1.807) is 24.3 Å². The third-order valence-corrected chi connectivity index (χ3v) is 7.59. The molecule has 0 aromatic heterocycles. The van der Waals surface area contributed by atoms with Crippen LogP contribution in [-0.4, -0.2) is 98.0 Å². The monoisotopic (exact) mass is 646 g/mol. The zero-order valence-corrected chi connectivity index (χ0v) is 29.6. The number of nitrogens with zero attached hydrogens (tertiary/aromatic N) is 2. The Morgan fingerprint density at radius 1 is 0.674 bits per heavy atom. The summed E-state index contributed by atoms with van der Waals surface area (Å²) in [4.78, 5) is 72.9. The fraction of sp³-hybridized carbons (Fsp3) is 0.676. The van der Waals surface area contributed by atoms with E-state index in [-0.39, 0.29) is 23.7 Å². The third-order valence-electron chi connectivity index (χ3n) is 7.59. The highest BCUT2D eigenvalue weighted by atomic mass is 16.7. The molecule has 4 N–H and O–H groups in total. The molecule has 0 aliphatic rings. The minimum absolute atomic E-state index is 0.0584. The molecule has 0 spiro atoms.